The molecule has 0 radical (unpaired) electrons. The van der Waals surface area contributed by atoms with Crippen LogP contribution in [0.2, 0.25) is 0 Å². The maximum atomic E-state index is 11.6. The van der Waals surface area contributed by atoms with Crippen LogP contribution >= 0.6 is 11.8 Å². The summed E-state index contributed by atoms with van der Waals surface area (Å²) < 4.78 is 10.5. The molecule has 0 bridgehead atoms. The Labute approximate surface area is 181 Å². The molecule has 0 aliphatic carbocycles. The first kappa shape index (κ1) is 25.5. The van der Waals surface area contributed by atoms with E-state index >= 15 is 0 Å². The number of carbonyl (C=O) groups is 2. The van der Waals surface area contributed by atoms with Crippen molar-refractivity contribution in [2.24, 2.45) is 0 Å². The van der Waals surface area contributed by atoms with E-state index in [-0.39, 0.29) is 11.1 Å². The SMILES string of the molecule is CCCCCCCCCCCC(CCOc1ccc(C(=O)OC)cc1)SC(C)=O. The Kier molecular flexibility index (Phi) is 14.4. The Morgan fingerprint density at radius 3 is 2.03 bits per heavy atom. The van der Waals surface area contributed by atoms with Gasteiger partial charge in [-0.15, -0.1) is 0 Å². The quantitative estimate of drug-likeness (QED) is 0.216. The zero-order chi connectivity index (χ0) is 21.3. The number of unbranched alkanes of at least 4 members (excludes halogenated alkanes) is 8. The van der Waals surface area contributed by atoms with Crippen LogP contribution in [0.15, 0.2) is 24.3 Å². The maximum Gasteiger partial charge on any atom is 0.337 e. The van der Waals surface area contributed by atoms with Gasteiger partial charge in [0.2, 0.25) is 0 Å². The molecule has 5 heteroatoms. The number of rotatable bonds is 16. The van der Waals surface area contributed by atoms with E-state index in [1.165, 1.54) is 76.7 Å². The molecule has 0 aliphatic rings. The Morgan fingerprint density at radius 1 is 0.897 bits per heavy atom. The van der Waals surface area contributed by atoms with E-state index in [2.05, 4.69) is 6.92 Å². The molecule has 1 aromatic carbocycles. The topological polar surface area (TPSA) is 52.6 Å². The van der Waals surface area contributed by atoms with E-state index in [1.807, 2.05) is 0 Å². The zero-order valence-corrected chi connectivity index (χ0v) is 19.2. The third-order valence-corrected chi connectivity index (χ3v) is 6.08. The van der Waals surface area contributed by atoms with Gasteiger partial charge in [-0.05, 0) is 37.1 Å². The number of carbonyl (C=O) groups excluding carboxylic acids is 2. The van der Waals surface area contributed by atoms with Crippen LogP contribution < -0.4 is 4.74 Å². The molecule has 29 heavy (non-hydrogen) atoms. The van der Waals surface area contributed by atoms with Crippen LogP contribution in [-0.2, 0) is 9.53 Å². The molecule has 0 saturated carbocycles. The number of benzene rings is 1. The zero-order valence-electron chi connectivity index (χ0n) is 18.4. The highest BCUT2D eigenvalue weighted by molar-refractivity contribution is 8.14. The maximum absolute atomic E-state index is 11.6. The molecule has 4 nitrogen and oxygen atoms in total. The minimum absolute atomic E-state index is 0.174. The number of methoxy groups -OCH3 is 1. The van der Waals surface area contributed by atoms with Gasteiger partial charge >= 0.3 is 5.97 Å². The number of thioether (sulfide) groups is 1. The molecule has 0 aromatic heterocycles. The molecule has 0 saturated heterocycles. The number of hydrogen-bond donors (Lipinski definition) is 0. The minimum Gasteiger partial charge on any atom is -0.494 e. The molecule has 0 N–H and O–H groups in total. The monoisotopic (exact) mass is 422 g/mol. The van der Waals surface area contributed by atoms with Gasteiger partial charge in [0.25, 0.3) is 0 Å². The van der Waals surface area contributed by atoms with Crippen molar-refractivity contribution in [1.82, 2.24) is 0 Å². The van der Waals surface area contributed by atoms with Crippen LogP contribution in [0.1, 0.15) is 94.8 Å². The summed E-state index contributed by atoms with van der Waals surface area (Å²) in [7, 11) is 1.37. The summed E-state index contributed by atoms with van der Waals surface area (Å²) in [5.41, 5.74) is 0.509. The van der Waals surface area contributed by atoms with Gasteiger partial charge in [-0.1, -0.05) is 76.5 Å². The molecular formula is C24H38O4S. The largest absolute Gasteiger partial charge is 0.494 e. The van der Waals surface area contributed by atoms with Gasteiger partial charge in [0.15, 0.2) is 5.12 Å². The highest BCUT2D eigenvalue weighted by Gasteiger charge is 2.13. The van der Waals surface area contributed by atoms with Crippen molar-refractivity contribution in [3.05, 3.63) is 29.8 Å². The molecule has 1 unspecified atom stereocenters. The molecule has 1 atom stereocenters. The van der Waals surface area contributed by atoms with Gasteiger partial charge in [-0.3, -0.25) is 4.79 Å². The Morgan fingerprint density at radius 2 is 1.48 bits per heavy atom. The van der Waals surface area contributed by atoms with E-state index in [1.54, 1.807) is 31.2 Å². The first-order chi connectivity index (χ1) is 14.1. The van der Waals surface area contributed by atoms with Gasteiger partial charge in [0, 0.05) is 12.2 Å². The Bertz CT molecular complexity index is 571. The number of ether oxygens (including phenoxy) is 2. The second-order valence-corrected chi connectivity index (χ2v) is 8.98. The summed E-state index contributed by atoms with van der Waals surface area (Å²) in [5.74, 6) is 0.378. The van der Waals surface area contributed by atoms with Crippen molar-refractivity contribution in [3.8, 4) is 5.75 Å². The third kappa shape index (κ3) is 12.6. The molecule has 1 aromatic rings. The fraction of sp³-hybridized carbons (Fsp3) is 0.667. The molecule has 164 valence electrons. The van der Waals surface area contributed by atoms with Crippen molar-refractivity contribution >= 4 is 22.8 Å². The summed E-state index contributed by atoms with van der Waals surface area (Å²) >= 11 is 1.44. The van der Waals surface area contributed by atoms with Gasteiger partial charge in [-0.2, -0.15) is 0 Å². The summed E-state index contributed by atoms with van der Waals surface area (Å²) in [4.78, 5) is 23.0. The Balaban J connectivity index is 2.24. The van der Waals surface area contributed by atoms with Crippen LogP contribution in [0, 0.1) is 0 Å². The third-order valence-electron chi connectivity index (χ3n) is 4.95. The molecule has 0 amide bonds. The highest BCUT2D eigenvalue weighted by atomic mass is 32.2. The molecule has 0 fully saturated rings. The lowest BCUT2D eigenvalue weighted by atomic mass is 10.1. The predicted octanol–water partition coefficient (Wildman–Crippen LogP) is 6.81. The van der Waals surface area contributed by atoms with Crippen molar-refractivity contribution in [3.63, 3.8) is 0 Å². The molecule has 0 spiro atoms. The smallest absolute Gasteiger partial charge is 0.337 e. The molecular weight excluding hydrogens is 384 g/mol. The van der Waals surface area contributed by atoms with E-state index in [0.717, 1.165) is 18.6 Å². The van der Waals surface area contributed by atoms with E-state index in [0.29, 0.717) is 17.4 Å². The summed E-state index contributed by atoms with van der Waals surface area (Å²) in [5, 5.41) is 0.486. The van der Waals surface area contributed by atoms with E-state index in [9.17, 15) is 9.59 Å². The standard InChI is InChI=1S/C24H38O4S/c1-4-5-6-7-8-9-10-11-12-13-23(29-20(2)25)18-19-28-22-16-14-21(15-17-22)24(26)27-3/h14-17,23H,4-13,18-19H2,1-3H3. The van der Waals surface area contributed by atoms with Crippen LogP contribution in [-0.4, -0.2) is 30.1 Å². The van der Waals surface area contributed by atoms with Crippen LogP contribution in [0.3, 0.4) is 0 Å². The molecule has 0 heterocycles. The fourth-order valence-corrected chi connectivity index (χ4v) is 4.26. The lowest BCUT2D eigenvalue weighted by molar-refractivity contribution is -0.109. The first-order valence-electron chi connectivity index (χ1n) is 11.0. The second kappa shape index (κ2) is 16.3. The molecule has 1 rings (SSSR count). The predicted molar refractivity (Wildman–Crippen MR) is 122 cm³/mol. The average molecular weight is 423 g/mol. The van der Waals surface area contributed by atoms with E-state index in [4.69, 9.17) is 9.47 Å². The number of hydrogen-bond acceptors (Lipinski definition) is 5. The van der Waals surface area contributed by atoms with Crippen LogP contribution in [0.4, 0.5) is 0 Å². The summed E-state index contributed by atoms with van der Waals surface area (Å²) in [6, 6.07) is 6.95. The van der Waals surface area contributed by atoms with Crippen LogP contribution in [0.25, 0.3) is 0 Å². The lowest BCUT2D eigenvalue weighted by Crippen LogP contribution is -2.11. The van der Waals surface area contributed by atoms with Crippen molar-refractivity contribution in [1.29, 1.82) is 0 Å². The lowest BCUT2D eigenvalue weighted by Gasteiger charge is -2.15. The first-order valence-corrected chi connectivity index (χ1v) is 11.9. The van der Waals surface area contributed by atoms with E-state index < -0.39 is 0 Å². The fourth-order valence-electron chi connectivity index (χ4n) is 3.29. The second-order valence-electron chi connectivity index (χ2n) is 7.50. The minimum atomic E-state index is -0.351. The van der Waals surface area contributed by atoms with Gasteiger partial charge in [-0.25, -0.2) is 4.79 Å². The van der Waals surface area contributed by atoms with Crippen LogP contribution in [0.5, 0.6) is 5.75 Å². The van der Waals surface area contributed by atoms with Gasteiger partial charge in [0.1, 0.15) is 5.75 Å². The van der Waals surface area contributed by atoms with Gasteiger partial charge < -0.3 is 9.47 Å². The normalized spacial score (nSPS) is 11.8. The summed E-state index contributed by atoms with van der Waals surface area (Å²) in [6.07, 6.45) is 13.7. The number of esters is 1. The summed E-state index contributed by atoms with van der Waals surface area (Å²) in [6.45, 7) is 4.46. The highest BCUT2D eigenvalue weighted by Crippen LogP contribution is 2.23. The van der Waals surface area contributed by atoms with Crippen molar-refractivity contribution in [2.45, 2.75) is 89.7 Å². The average Bonchev–Trinajstić information content (AvgIpc) is 2.72. The molecule has 0 aliphatic heterocycles. The van der Waals surface area contributed by atoms with Crippen molar-refractivity contribution in [2.75, 3.05) is 13.7 Å². The van der Waals surface area contributed by atoms with Crippen molar-refractivity contribution < 1.29 is 19.1 Å². The Hall–Kier alpha value is -1.49. The van der Waals surface area contributed by atoms with Gasteiger partial charge in [0.05, 0.1) is 19.3 Å².